The molecule has 1 saturated heterocycles. The second-order valence-electron chi connectivity index (χ2n) is 6.84. The van der Waals surface area contributed by atoms with Gasteiger partial charge in [0.05, 0.1) is 5.69 Å². The summed E-state index contributed by atoms with van der Waals surface area (Å²) in [5, 5.41) is 8.43. The van der Waals surface area contributed by atoms with Crippen LogP contribution in [0, 0.1) is 11.9 Å². The zero-order valence-electron chi connectivity index (χ0n) is 16.5. The average molecular weight is 421 g/mol. The lowest BCUT2D eigenvalue weighted by Gasteiger charge is -2.33. The molecule has 0 aromatic carbocycles. The van der Waals surface area contributed by atoms with E-state index in [9.17, 15) is 14.0 Å². The van der Waals surface area contributed by atoms with E-state index in [0.717, 1.165) is 37.2 Å². The van der Waals surface area contributed by atoms with E-state index < -0.39 is 11.9 Å². The number of piperidine rings is 1. The molecular weight excluding hydrogens is 395 g/mol. The highest BCUT2D eigenvalue weighted by atomic mass is 32.1. The zero-order valence-corrected chi connectivity index (χ0v) is 17.3. The third-order valence-electron chi connectivity index (χ3n) is 4.85. The second-order valence-corrected chi connectivity index (χ2v) is 7.95. The third kappa shape index (κ3) is 5.41. The predicted molar refractivity (Wildman–Crippen MR) is 111 cm³/mol. The number of aromatic nitrogens is 2. The van der Waals surface area contributed by atoms with Crippen molar-refractivity contribution in [1.29, 1.82) is 0 Å². The van der Waals surface area contributed by atoms with Crippen LogP contribution in [0.4, 0.5) is 20.0 Å². The number of carbonyl (C=O) groups is 2. The van der Waals surface area contributed by atoms with E-state index in [1.165, 1.54) is 18.4 Å². The fourth-order valence-corrected chi connectivity index (χ4v) is 4.26. The Hall–Kier alpha value is -2.75. The van der Waals surface area contributed by atoms with Crippen molar-refractivity contribution >= 4 is 34.1 Å². The smallest absolute Gasteiger partial charge is 0.321 e. The number of hydrogen-bond acceptors (Lipinski definition) is 6. The molecule has 0 spiro atoms. The van der Waals surface area contributed by atoms with Crippen molar-refractivity contribution < 1.29 is 14.0 Å². The van der Waals surface area contributed by atoms with Gasteiger partial charge in [0.1, 0.15) is 5.69 Å². The molecule has 0 aliphatic carbocycles. The minimum atomic E-state index is -0.618. The van der Waals surface area contributed by atoms with Gasteiger partial charge in [-0.2, -0.15) is 4.39 Å². The molecule has 2 aromatic heterocycles. The SMILES string of the molecule is CCNC(=O)Nc1ncc(CC2CCN(c3ccc(C(=O)NC)nc3F)CC2)s1. The Morgan fingerprint density at radius 3 is 2.72 bits per heavy atom. The molecule has 1 aliphatic rings. The van der Waals surface area contributed by atoms with Crippen LogP contribution in [0.5, 0.6) is 0 Å². The Morgan fingerprint density at radius 1 is 1.31 bits per heavy atom. The van der Waals surface area contributed by atoms with E-state index in [0.29, 0.717) is 23.3 Å². The first kappa shape index (κ1) is 21.0. The molecule has 0 atom stereocenters. The average Bonchev–Trinajstić information content (AvgIpc) is 3.14. The van der Waals surface area contributed by atoms with Gasteiger partial charge < -0.3 is 15.5 Å². The van der Waals surface area contributed by atoms with Crippen LogP contribution in [0.15, 0.2) is 18.3 Å². The van der Waals surface area contributed by atoms with Crippen molar-refractivity contribution in [1.82, 2.24) is 20.6 Å². The Morgan fingerprint density at radius 2 is 2.07 bits per heavy atom. The summed E-state index contributed by atoms with van der Waals surface area (Å²) in [5.41, 5.74) is 0.508. The minimum absolute atomic E-state index is 0.0749. The number of amides is 3. The largest absolute Gasteiger partial charge is 0.368 e. The molecule has 0 bridgehead atoms. The fraction of sp³-hybridized carbons (Fsp3) is 0.474. The van der Waals surface area contributed by atoms with Crippen LogP contribution in [-0.2, 0) is 6.42 Å². The summed E-state index contributed by atoms with van der Waals surface area (Å²) in [4.78, 5) is 34.3. The van der Waals surface area contributed by atoms with Gasteiger partial charge >= 0.3 is 6.03 Å². The van der Waals surface area contributed by atoms with Gasteiger partial charge in [-0.3, -0.25) is 10.1 Å². The van der Waals surface area contributed by atoms with Crippen molar-refractivity contribution in [3.05, 3.63) is 34.8 Å². The summed E-state index contributed by atoms with van der Waals surface area (Å²) in [5.74, 6) is -0.544. The Balaban J connectivity index is 1.53. The fourth-order valence-electron chi connectivity index (χ4n) is 3.34. The number of carbonyl (C=O) groups excluding carboxylic acids is 2. The van der Waals surface area contributed by atoms with Crippen LogP contribution in [0.1, 0.15) is 35.1 Å². The number of halogens is 1. The Bertz CT molecular complexity index is 866. The van der Waals surface area contributed by atoms with E-state index in [1.807, 2.05) is 11.8 Å². The van der Waals surface area contributed by atoms with Crippen LogP contribution >= 0.6 is 11.3 Å². The molecule has 3 rings (SSSR count). The molecule has 0 unspecified atom stereocenters. The molecule has 8 nitrogen and oxygen atoms in total. The van der Waals surface area contributed by atoms with Crippen molar-refractivity contribution in [2.75, 3.05) is 36.9 Å². The number of rotatable bonds is 6. The maximum atomic E-state index is 14.4. The van der Waals surface area contributed by atoms with Crippen LogP contribution in [-0.4, -0.2) is 48.6 Å². The number of nitrogens with one attached hydrogen (secondary N) is 3. The predicted octanol–water partition coefficient (Wildman–Crippen LogP) is 2.64. The molecule has 3 amide bonds. The van der Waals surface area contributed by atoms with E-state index >= 15 is 0 Å². The molecule has 3 heterocycles. The lowest BCUT2D eigenvalue weighted by molar-refractivity contribution is 0.0957. The van der Waals surface area contributed by atoms with Crippen molar-refractivity contribution in [2.45, 2.75) is 26.2 Å². The maximum absolute atomic E-state index is 14.4. The molecule has 0 saturated carbocycles. The molecular formula is C19H25FN6O2S. The summed E-state index contributed by atoms with van der Waals surface area (Å²) in [7, 11) is 1.49. The van der Waals surface area contributed by atoms with Crippen molar-refractivity contribution in [3.63, 3.8) is 0 Å². The number of anilines is 2. The summed E-state index contributed by atoms with van der Waals surface area (Å²) in [6, 6.07) is 2.92. The molecule has 0 radical (unpaired) electrons. The van der Waals surface area contributed by atoms with Crippen molar-refractivity contribution in [3.8, 4) is 0 Å². The van der Waals surface area contributed by atoms with Gasteiger partial charge in [0, 0.05) is 37.8 Å². The lowest BCUT2D eigenvalue weighted by atomic mass is 9.93. The van der Waals surface area contributed by atoms with Gasteiger partial charge in [-0.25, -0.2) is 14.8 Å². The van der Waals surface area contributed by atoms with Crippen LogP contribution in [0.25, 0.3) is 0 Å². The van der Waals surface area contributed by atoms with Gasteiger partial charge in [-0.15, -0.1) is 11.3 Å². The van der Waals surface area contributed by atoms with E-state index in [-0.39, 0.29) is 11.7 Å². The number of urea groups is 1. The van der Waals surface area contributed by atoms with Crippen LogP contribution in [0.2, 0.25) is 0 Å². The summed E-state index contributed by atoms with van der Waals surface area (Å²) >= 11 is 1.48. The minimum Gasteiger partial charge on any atom is -0.368 e. The third-order valence-corrected chi connectivity index (χ3v) is 5.78. The van der Waals surface area contributed by atoms with Gasteiger partial charge in [0.25, 0.3) is 5.91 Å². The highest BCUT2D eigenvalue weighted by Crippen LogP contribution is 2.29. The highest BCUT2D eigenvalue weighted by molar-refractivity contribution is 7.15. The Kier molecular flexibility index (Phi) is 6.97. The van der Waals surface area contributed by atoms with E-state index in [4.69, 9.17) is 0 Å². The monoisotopic (exact) mass is 420 g/mol. The van der Waals surface area contributed by atoms with Crippen LogP contribution in [0.3, 0.4) is 0 Å². The first-order valence-corrected chi connectivity index (χ1v) is 10.4. The Labute approximate surface area is 172 Å². The number of nitrogens with zero attached hydrogens (tertiary/aromatic N) is 3. The van der Waals surface area contributed by atoms with Crippen molar-refractivity contribution in [2.24, 2.45) is 5.92 Å². The number of pyridine rings is 1. The maximum Gasteiger partial charge on any atom is 0.321 e. The quantitative estimate of drug-likeness (QED) is 0.624. The molecule has 1 fully saturated rings. The zero-order chi connectivity index (χ0) is 20.8. The van der Waals surface area contributed by atoms with Crippen LogP contribution < -0.4 is 20.9 Å². The van der Waals surface area contributed by atoms with Gasteiger partial charge in [0.2, 0.25) is 5.95 Å². The normalized spacial score (nSPS) is 14.5. The number of hydrogen-bond donors (Lipinski definition) is 3. The molecule has 1 aliphatic heterocycles. The summed E-state index contributed by atoms with van der Waals surface area (Å²) in [6.45, 7) is 3.88. The first-order valence-electron chi connectivity index (χ1n) is 9.63. The van der Waals surface area contributed by atoms with Gasteiger partial charge in [-0.05, 0) is 44.2 Å². The molecule has 10 heteroatoms. The van der Waals surface area contributed by atoms with E-state index in [2.05, 4.69) is 25.9 Å². The lowest BCUT2D eigenvalue weighted by Crippen LogP contribution is -2.35. The molecule has 2 aromatic rings. The van der Waals surface area contributed by atoms with Gasteiger partial charge in [-0.1, -0.05) is 0 Å². The standard InChI is InChI=1S/C19H25FN6O2S/c1-3-22-18(28)25-19-23-11-13(29-19)10-12-6-8-26(9-7-12)15-5-4-14(17(27)21-2)24-16(15)20/h4-5,11-12H,3,6-10H2,1-2H3,(H,21,27)(H2,22,23,25,28). The summed E-state index contributed by atoms with van der Waals surface area (Å²) < 4.78 is 14.4. The summed E-state index contributed by atoms with van der Waals surface area (Å²) in [6.07, 6.45) is 4.54. The van der Waals surface area contributed by atoms with Gasteiger partial charge in [0.15, 0.2) is 5.13 Å². The molecule has 156 valence electrons. The highest BCUT2D eigenvalue weighted by Gasteiger charge is 2.23. The second kappa shape index (κ2) is 9.64. The topological polar surface area (TPSA) is 99.3 Å². The number of thiazole rings is 1. The molecule has 3 N–H and O–H groups in total. The van der Waals surface area contributed by atoms with E-state index in [1.54, 1.807) is 18.3 Å². The first-order chi connectivity index (χ1) is 14.0. The molecule has 29 heavy (non-hydrogen) atoms.